The number of carbonyl (C=O) groups excluding carboxylic acids is 1. The topological polar surface area (TPSA) is 41.5 Å². The number of amidine groups is 1. The highest BCUT2D eigenvalue weighted by Crippen LogP contribution is 2.26. The zero-order valence-corrected chi connectivity index (χ0v) is 10.6. The van der Waals surface area contributed by atoms with E-state index in [9.17, 15) is 9.18 Å². The van der Waals surface area contributed by atoms with Gasteiger partial charge < -0.3 is 5.32 Å². The van der Waals surface area contributed by atoms with E-state index in [0.29, 0.717) is 10.9 Å². The average molecular weight is 273 g/mol. The standard InChI is InChI=1S/C11H10ClFN2OS/c1-2-9-10(16)15-11(17-9)14-6-3-4-8(13)7(12)5-6/h3-5,9H,2H2,1H3,(H,14,15,16). The maximum absolute atomic E-state index is 12.9. The summed E-state index contributed by atoms with van der Waals surface area (Å²) in [5.74, 6) is -0.519. The summed E-state index contributed by atoms with van der Waals surface area (Å²) in [4.78, 5) is 15.6. The number of rotatable bonds is 2. The van der Waals surface area contributed by atoms with Gasteiger partial charge in [0, 0.05) is 0 Å². The molecule has 1 atom stereocenters. The molecule has 1 unspecified atom stereocenters. The van der Waals surface area contributed by atoms with Crippen LogP contribution < -0.4 is 5.32 Å². The molecule has 90 valence electrons. The molecule has 1 aromatic carbocycles. The lowest BCUT2D eigenvalue weighted by molar-refractivity contribution is -0.118. The van der Waals surface area contributed by atoms with Crippen LogP contribution in [0.25, 0.3) is 0 Å². The molecule has 1 aliphatic heterocycles. The van der Waals surface area contributed by atoms with Crippen LogP contribution in [0, 0.1) is 5.82 Å². The van der Waals surface area contributed by atoms with Gasteiger partial charge in [-0.05, 0) is 24.6 Å². The minimum Gasteiger partial charge on any atom is -0.304 e. The van der Waals surface area contributed by atoms with Crippen molar-refractivity contribution >= 4 is 40.1 Å². The fraction of sp³-hybridized carbons (Fsp3) is 0.273. The Kier molecular flexibility index (Phi) is 3.69. The molecule has 0 bridgehead atoms. The highest BCUT2D eigenvalue weighted by atomic mass is 35.5. The van der Waals surface area contributed by atoms with Crippen LogP contribution in [0.3, 0.4) is 0 Å². The molecule has 0 aliphatic carbocycles. The minimum absolute atomic E-state index is 0.0215. The van der Waals surface area contributed by atoms with Crippen LogP contribution in [0.2, 0.25) is 5.02 Å². The molecule has 0 aromatic heterocycles. The highest BCUT2D eigenvalue weighted by Gasteiger charge is 2.28. The molecule has 1 aliphatic rings. The molecule has 1 aromatic rings. The molecule has 17 heavy (non-hydrogen) atoms. The van der Waals surface area contributed by atoms with Crippen LogP contribution in [-0.4, -0.2) is 16.3 Å². The second kappa shape index (κ2) is 5.06. The first-order valence-electron chi connectivity index (χ1n) is 5.11. The SMILES string of the molecule is CCC1SC(=Nc2ccc(F)c(Cl)c2)NC1=O. The lowest BCUT2D eigenvalue weighted by atomic mass is 10.3. The highest BCUT2D eigenvalue weighted by molar-refractivity contribution is 8.15. The molecule has 0 spiro atoms. The van der Waals surface area contributed by atoms with E-state index in [1.54, 1.807) is 0 Å². The number of nitrogens with zero attached hydrogens (tertiary/aromatic N) is 1. The van der Waals surface area contributed by atoms with E-state index in [0.717, 1.165) is 6.42 Å². The Morgan fingerprint density at radius 1 is 1.59 bits per heavy atom. The number of benzene rings is 1. The molecule has 1 saturated heterocycles. The van der Waals surface area contributed by atoms with Crippen molar-refractivity contribution < 1.29 is 9.18 Å². The van der Waals surface area contributed by atoms with Crippen molar-refractivity contribution in [1.82, 2.24) is 5.32 Å². The maximum atomic E-state index is 12.9. The number of halogens is 2. The third kappa shape index (κ3) is 2.79. The zero-order valence-electron chi connectivity index (χ0n) is 9.04. The van der Waals surface area contributed by atoms with E-state index in [1.165, 1.54) is 30.0 Å². The number of carbonyl (C=O) groups is 1. The smallest absolute Gasteiger partial charge is 0.239 e. The summed E-state index contributed by atoms with van der Waals surface area (Å²) < 4.78 is 12.9. The van der Waals surface area contributed by atoms with Gasteiger partial charge in [-0.3, -0.25) is 4.79 Å². The first kappa shape index (κ1) is 12.4. The summed E-state index contributed by atoms with van der Waals surface area (Å²) in [5.41, 5.74) is 0.524. The van der Waals surface area contributed by atoms with E-state index in [-0.39, 0.29) is 16.2 Å². The van der Waals surface area contributed by atoms with E-state index in [2.05, 4.69) is 10.3 Å². The van der Waals surface area contributed by atoms with Gasteiger partial charge in [-0.25, -0.2) is 9.38 Å². The van der Waals surface area contributed by atoms with Crippen LogP contribution in [0.4, 0.5) is 10.1 Å². The number of aliphatic imine (C=N–C) groups is 1. The van der Waals surface area contributed by atoms with Crippen molar-refractivity contribution in [3.8, 4) is 0 Å². The first-order chi connectivity index (χ1) is 8.10. The molecule has 0 saturated carbocycles. The van der Waals surface area contributed by atoms with Crippen molar-refractivity contribution in [2.75, 3.05) is 0 Å². The Hall–Kier alpha value is -1.07. The fourth-order valence-electron chi connectivity index (χ4n) is 1.40. The molecule has 1 fully saturated rings. The molecule has 6 heteroatoms. The van der Waals surface area contributed by atoms with Gasteiger partial charge in [0.25, 0.3) is 0 Å². The Bertz CT molecular complexity index is 492. The summed E-state index contributed by atoms with van der Waals surface area (Å²) in [7, 11) is 0. The molecular weight excluding hydrogens is 263 g/mol. The summed E-state index contributed by atoms with van der Waals surface area (Å²) in [6.07, 6.45) is 0.750. The van der Waals surface area contributed by atoms with Gasteiger partial charge in [-0.15, -0.1) is 0 Å². The second-order valence-corrected chi connectivity index (χ2v) is 5.12. The third-order valence-electron chi connectivity index (χ3n) is 2.28. The van der Waals surface area contributed by atoms with Crippen LogP contribution in [-0.2, 0) is 4.79 Å². The summed E-state index contributed by atoms with van der Waals surface area (Å²) in [5, 5.41) is 3.14. The predicted molar refractivity (Wildman–Crippen MR) is 68.3 cm³/mol. The van der Waals surface area contributed by atoms with Gasteiger partial charge in [0.2, 0.25) is 5.91 Å². The van der Waals surface area contributed by atoms with E-state index in [1.807, 2.05) is 6.92 Å². The fourth-order valence-corrected chi connectivity index (χ4v) is 2.49. The molecule has 3 nitrogen and oxygen atoms in total. The lowest BCUT2D eigenvalue weighted by Gasteiger charge is -1.99. The lowest BCUT2D eigenvalue weighted by Crippen LogP contribution is -2.24. The molecule has 1 heterocycles. The number of hydrogen-bond donors (Lipinski definition) is 1. The van der Waals surface area contributed by atoms with Crippen molar-refractivity contribution in [3.05, 3.63) is 29.0 Å². The van der Waals surface area contributed by atoms with Crippen molar-refractivity contribution in [2.45, 2.75) is 18.6 Å². The molecule has 0 radical (unpaired) electrons. The van der Waals surface area contributed by atoms with Gasteiger partial charge in [-0.2, -0.15) is 0 Å². The Labute approximate surface area is 107 Å². The summed E-state index contributed by atoms with van der Waals surface area (Å²) in [6, 6.07) is 4.19. The number of hydrogen-bond acceptors (Lipinski definition) is 3. The van der Waals surface area contributed by atoms with Crippen LogP contribution in [0.15, 0.2) is 23.2 Å². The van der Waals surface area contributed by atoms with Crippen LogP contribution >= 0.6 is 23.4 Å². The van der Waals surface area contributed by atoms with Gasteiger partial charge >= 0.3 is 0 Å². The average Bonchev–Trinajstić information content (AvgIpc) is 2.64. The normalized spacial score (nSPS) is 21.9. The van der Waals surface area contributed by atoms with Crippen LogP contribution in [0.5, 0.6) is 0 Å². The van der Waals surface area contributed by atoms with Gasteiger partial charge in [0.15, 0.2) is 5.17 Å². The Morgan fingerprint density at radius 2 is 2.35 bits per heavy atom. The number of amides is 1. The maximum Gasteiger partial charge on any atom is 0.239 e. The number of nitrogens with one attached hydrogen (secondary N) is 1. The van der Waals surface area contributed by atoms with Crippen molar-refractivity contribution in [3.63, 3.8) is 0 Å². The van der Waals surface area contributed by atoms with Gasteiger partial charge in [0.1, 0.15) is 5.82 Å². The number of thioether (sulfide) groups is 1. The zero-order chi connectivity index (χ0) is 12.4. The first-order valence-corrected chi connectivity index (χ1v) is 6.37. The Balaban J connectivity index is 2.20. The predicted octanol–water partition coefficient (Wildman–Crippen LogP) is 3.11. The molecule has 1 N–H and O–H groups in total. The quantitative estimate of drug-likeness (QED) is 0.899. The van der Waals surface area contributed by atoms with Gasteiger partial charge in [-0.1, -0.05) is 30.3 Å². The molecule has 2 rings (SSSR count). The minimum atomic E-state index is -0.481. The van der Waals surface area contributed by atoms with E-state index >= 15 is 0 Å². The van der Waals surface area contributed by atoms with Crippen LogP contribution in [0.1, 0.15) is 13.3 Å². The van der Waals surface area contributed by atoms with Crippen molar-refractivity contribution in [1.29, 1.82) is 0 Å². The summed E-state index contributed by atoms with van der Waals surface area (Å²) >= 11 is 7.02. The van der Waals surface area contributed by atoms with Gasteiger partial charge in [0.05, 0.1) is 16.0 Å². The van der Waals surface area contributed by atoms with E-state index < -0.39 is 5.82 Å². The van der Waals surface area contributed by atoms with E-state index in [4.69, 9.17) is 11.6 Å². The summed E-state index contributed by atoms with van der Waals surface area (Å²) in [6.45, 7) is 1.94. The largest absolute Gasteiger partial charge is 0.304 e. The monoisotopic (exact) mass is 272 g/mol. The third-order valence-corrected chi connectivity index (χ3v) is 3.82. The van der Waals surface area contributed by atoms with Crippen molar-refractivity contribution in [2.24, 2.45) is 4.99 Å². The second-order valence-electron chi connectivity index (χ2n) is 3.52. The molecular formula is C11H10ClFN2OS. The molecule has 1 amide bonds. The Morgan fingerprint density at radius 3 is 2.94 bits per heavy atom.